The zero-order chi connectivity index (χ0) is 15.7. The molecule has 0 bridgehead atoms. The van der Waals surface area contributed by atoms with E-state index >= 15 is 0 Å². The van der Waals surface area contributed by atoms with E-state index in [1.165, 1.54) is 12.7 Å². The van der Waals surface area contributed by atoms with Crippen molar-refractivity contribution in [3.8, 4) is 0 Å². The van der Waals surface area contributed by atoms with Crippen LogP contribution >= 0.6 is 0 Å². The second-order valence-corrected chi connectivity index (χ2v) is 4.07. The molecule has 12 nitrogen and oxygen atoms in total. The summed E-state index contributed by atoms with van der Waals surface area (Å²) in [6, 6.07) is 0. The number of rotatable bonds is 0. The van der Waals surface area contributed by atoms with Gasteiger partial charge in [0.1, 0.15) is 0 Å². The number of hydrogen-bond donors (Lipinski definition) is 6. The Balaban J connectivity index is 0.000000131. The number of fused-ring (bicyclic) bond motifs is 2. The van der Waals surface area contributed by atoms with E-state index in [0.717, 1.165) is 0 Å². The van der Waals surface area contributed by atoms with Gasteiger partial charge < -0.3 is 9.97 Å². The number of H-pyrrole nitrogens is 6. The summed E-state index contributed by atoms with van der Waals surface area (Å²) in [5.41, 5.74) is -0.650. The van der Waals surface area contributed by atoms with Gasteiger partial charge in [-0.1, -0.05) is 0 Å². The van der Waals surface area contributed by atoms with Crippen LogP contribution in [0.4, 0.5) is 0 Å². The third-order valence-corrected chi connectivity index (χ3v) is 2.65. The van der Waals surface area contributed by atoms with E-state index in [1.807, 2.05) is 0 Å². The predicted octanol–water partition coefficient (Wildman–Crippen LogP) is -2.12. The highest BCUT2D eigenvalue weighted by molar-refractivity contribution is 5.67. The summed E-state index contributed by atoms with van der Waals surface area (Å²) in [5.74, 6) is 0. The van der Waals surface area contributed by atoms with Gasteiger partial charge in [-0.2, -0.15) is 0 Å². The molecule has 0 aliphatic carbocycles. The monoisotopic (exact) mass is 304 g/mol. The molecule has 0 amide bonds. The molecule has 4 aromatic rings. The lowest BCUT2D eigenvalue weighted by molar-refractivity contribution is 1.15. The van der Waals surface area contributed by atoms with Crippen molar-refractivity contribution in [3.63, 3.8) is 0 Å². The Labute approximate surface area is 117 Å². The van der Waals surface area contributed by atoms with Gasteiger partial charge in [-0.3, -0.25) is 29.5 Å². The molecular formula is C10H8N8O4. The molecule has 0 unspecified atom stereocenters. The van der Waals surface area contributed by atoms with Crippen LogP contribution < -0.4 is 22.5 Å². The molecule has 0 aromatic carbocycles. The summed E-state index contributed by atoms with van der Waals surface area (Å²) in [6.07, 6.45) is 2.46. The molecule has 0 spiro atoms. The highest BCUT2D eigenvalue weighted by Crippen LogP contribution is 1.91. The van der Waals surface area contributed by atoms with Gasteiger partial charge in [0.25, 0.3) is 11.1 Å². The van der Waals surface area contributed by atoms with Gasteiger partial charge in [0.2, 0.25) is 0 Å². The number of imidazole rings is 2. The first-order valence-corrected chi connectivity index (χ1v) is 5.86. The number of nitrogens with zero attached hydrogens (tertiary/aromatic N) is 2. The lowest BCUT2D eigenvalue weighted by atomic mass is 10.6. The molecule has 0 radical (unpaired) electrons. The van der Waals surface area contributed by atoms with Gasteiger partial charge in [0, 0.05) is 0 Å². The maximum Gasteiger partial charge on any atom is 0.325 e. The Morgan fingerprint density at radius 2 is 1.05 bits per heavy atom. The predicted molar refractivity (Wildman–Crippen MR) is 74.7 cm³/mol. The largest absolute Gasteiger partial charge is 0.325 e. The second-order valence-electron chi connectivity index (χ2n) is 4.07. The molecule has 4 rings (SSSR count). The van der Waals surface area contributed by atoms with Gasteiger partial charge in [0.05, 0.1) is 12.7 Å². The smallest absolute Gasteiger partial charge is 0.311 e. The van der Waals surface area contributed by atoms with Crippen molar-refractivity contribution >= 4 is 22.3 Å². The quantitative estimate of drug-likeness (QED) is 0.215. The van der Waals surface area contributed by atoms with Gasteiger partial charge in [-0.05, 0) is 0 Å². The van der Waals surface area contributed by atoms with Crippen molar-refractivity contribution in [2.24, 2.45) is 0 Å². The zero-order valence-corrected chi connectivity index (χ0v) is 10.7. The van der Waals surface area contributed by atoms with Gasteiger partial charge >= 0.3 is 11.4 Å². The Morgan fingerprint density at radius 1 is 0.636 bits per heavy atom. The highest BCUT2D eigenvalue weighted by Gasteiger charge is 2.01. The van der Waals surface area contributed by atoms with Crippen LogP contribution in [0.25, 0.3) is 22.3 Å². The fourth-order valence-electron chi connectivity index (χ4n) is 1.73. The van der Waals surface area contributed by atoms with E-state index in [4.69, 9.17) is 0 Å². The normalized spacial score (nSPS) is 10.5. The third kappa shape index (κ3) is 2.35. The van der Waals surface area contributed by atoms with E-state index in [2.05, 4.69) is 39.9 Å². The number of hydrogen-bond acceptors (Lipinski definition) is 6. The molecule has 0 saturated carbocycles. The Hall–Kier alpha value is -3.70. The summed E-state index contributed by atoms with van der Waals surface area (Å²) in [4.78, 5) is 64.5. The van der Waals surface area contributed by atoms with Crippen molar-refractivity contribution in [3.05, 3.63) is 54.3 Å². The second kappa shape index (κ2) is 5.01. The van der Waals surface area contributed by atoms with Crippen LogP contribution in [0.3, 0.4) is 0 Å². The van der Waals surface area contributed by atoms with E-state index in [-0.39, 0.29) is 33.4 Å². The summed E-state index contributed by atoms with van der Waals surface area (Å²) < 4.78 is 0. The maximum absolute atomic E-state index is 10.9. The zero-order valence-electron chi connectivity index (χ0n) is 10.7. The molecule has 0 aliphatic heterocycles. The maximum atomic E-state index is 10.9. The minimum Gasteiger partial charge on any atom is -0.311 e. The number of aromatic amines is 6. The fraction of sp³-hybridized carbons (Fsp3) is 0. The topological polar surface area (TPSA) is 189 Å². The van der Waals surface area contributed by atoms with E-state index in [0.29, 0.717) is 0 Å². The van der Waals surface area contributed by atoms with Gasteiger partial charge in [0.15, 0.2) is 22.3 Å². The minimum absolute atomic E-state index is 0.178. The molecule has 0 saturated heterocycles. The number of nitrogens with one attached hydrogen (secondary N) is 6. The molecule has 6 N–H and O–H groups in total. The summed E-state index contributed by atoms with van der Waals surface area (Å²) in [6.45, 7) is 0. The lowest BCUT2D eigenvalue weighted by Crippen LogP contribution is -2.06. The Kier molecular flexibility index (Phi) is 3.02. The Morgan fingerprint density at radius 3 is 1.41 bits per heavy atom. The molecule has 4 aromatic heterocycles. The lowest BCUT2D eigenvalue weighted by Gasteiger charge is -1.82. The van der Waals surface area contributed by atoms with Gasteiger partial charge in [-0.15, -0.1) is 0 Å². The minimum atomic E-state index is -0.427. The van der Waals surface area contributed by atoms with Crippen molar-refractivity contribution in [2.75, 3.05) is 0 Å². The highest BCUT2D eigenvalue weighted by atomic mass is 16.2. The standard InChI is InChI=1S/2C5H4N4O2/c2*10-4-2-3(6-1-7-4)9-5(11)8-2/h2*1H,(H3,6,7,8,9,10,11). The molecule has 12 heteroatoms. The SMILES string of the molecule is O=c1[nH]c2nc[nH]c(=O)c2[nH]1.O=c1[nH]c2nc[nH]c(=O)c2[nH]1. The third-order valence-electron chi connectivity index (χ3n) is 2.65. The van der Waals surface area contributed by atoms with Crippen molar-refractivity contribution in [1.82, 2.24) is 39.9 Å². The first-order chi connectivity index (χ1) is 10.5. The molecule has 0 aliphatic rings. The molecule has 0 fully saturated rings. The molecule has 4 heterocycles. The van der Waals surface area contributed by atoms with E-state index < -0.39 is 11.4 Å². The van der Waals surface area contributed by atoms with Crippen LogP contribution in [0.5, 0.6) is 0 Å². The van der Waals surface area contributed by atoms with Crippen LogP contribution in [0.1, 0.15) is 0 Å². The van der Waals surface area contributed by atoms with Crippen LogP contribution in [0.15, 0.2) is 31.8 Å². The first-order valence-electron chi connectivity index (χ1n) is 5.86. The summed E-state index contributed by atoms with van der Waals surface area (Å²) in [5, 5.41) is 0. The van der Waals surface area contributed by atoms with E-state index in [9.17, 15) is 19.2 Å². The van der Waals surface area contributed by atoms with Crippen molar-refractivity contribution in [2.45, 2.75) is 0 Å². The molecule has 22 heavy (non-hydrogen) atoms. The number of aromatic nitrogens is 8. The average Bonchev–Trinajstić information content (AvgIpc) is 3.03. The summed E-state index contributed by atoms with van der Waals surface area (Å²) >= 11 is 0. The van der Waals surface area contributed by atoms with Gasteiger partial charge in [-0.25, -0.2) is 19.6 Å². The molecular weight excluding hydrogens is 296 g/mol. The van der Waals surface area contributed by atoms with Crippen molar-refractivity contribution < 1.29 is 0 Å². The molecule has 112 valence electrons. The summed E-state index contributed by atoms with van der Waals surface area (Å²) in [7, 11) is 0. The fourth-order valence-corrected chi connectivity index (χ4v) is 1.73. The van der Waals surface area contributed by atoms with Crippen molar-refractivity contribution in [1.29, 1.82) is 0 Å². The Bertz CT molecular complexity index is 1080. The van der Waals surface area contributed by atoms with Crippen LogP contribution in [-0.2, 0) is 0 Å². The first kappa shape index (κ1) is 13.3. The van der Waals surface area contributed by atoms with E-state index in [1.54, 1.807) is 0 Å². The molecule has 0 atom stereocenters. The van der Waals surface area contributed by atoms with Crippen LogP contribution in [0, 0.1) is 0 Å². The van der Waals surface area contributed by atoms with Crippen LogP contribution in [-0.4, -0.2) is 39.9 Å². The average molecular weight is 304 g/mol. The van der Waals surface area contributed by atoms with Crippen LogP contribution in [0.2, 0.25) is 0 Å².